The zero-order valence-electron chi connectivity index (χ0n) is 17.4. The molecule has 0 amide bonds. The van der Waals surface area contributed by atoms with E-state index in [0.29, 0.717) is 12.2 Å². The zero-order valence-corrected chi connectivity index (χ0v) is 17.4. The van der Waals surface area contributed by atoms with Crippen molar-refractivity contribution in [2.75, 3.05) is 20.6 Å². The van der Waals surface area contributed by atoms with Gasteiger partial charge in [0.15, 0.2) is 0 Å². The van der Waals surface area contributed by atoms with Crippen molar-refractivity contribution in [1.29, 1.82) is 5.26 Å². The molecule has 1 aliphatic rings. The minimum Gasteiger partial charge on any atom is -0.361 e. The summed E-state index contributed by atoms with van der Waals surface area (Å²) in [6.45, 7) is 1.47. The monoisotopic (exact) mass is 400 g/mol. The van der Waals surface area contributed by atoms with Crippen LogP contribution in [0, 0.1) is 17.1 Å². The van der Waals surface area contributed by atoms with Gasteiger partial charge >= 0.3 is 0 Å². The van der Waals surface area contributed by atoms with Gasteiger partial charge in [-0.3, -0.25) is 0 Å². The van der Waals surface area contributed by atoms with Gasteiger partial charge in [-0.1, -0.05) is 36.4 Å². The van der Waals surface area contributed by atoms with Crippen LogP contribution >= 0.6 is 0 Å². The number of nitrogens with zero attached hydrogens (tertiary/aromatic N) is 2. The molecule has 0 aromatic heterocycles. The molecule has 0 spiro atoms. The van der Waals surface area contributed by atoms with E-state index in [1.54, 1.807) is 0 Å². The van der Waals surface area contributed by atoms with Crippen molar-refractivity contribution in [3.63, 3.8) is 0 Å². The maximum absolute atomic E-state index is 13.6. The Morgan fingerprint density at radius 2 is 1.80 bits per heavy atom. The van der Waals surface area contributed by atoms with Crippen molar-refractivity contribution in [2.45, 2.75) is 25.0 Å². The predicted octanol–water partition coefficient (Wildman–Crippen LogP) is 5.48. The lowest BCUT2D eigenvalue weighted by Gasteiger charge is -2.31. The van der Waals surface area contributed by atoms with Gasteiger partial charge in [0.1, 0.15) is 11.4 Å². The second kappa shape index (κ2) is 8.39. The van der Waals surface area contributed by atoms with Gasteiger partial charge in [0, 0.05) is 0 Å². The Labute approximate surface area is 177 Å². The second-order valence-electron chi connectivity index (χ2n) is 8.09. The molecule has 3 aromatic rings. The number of hydrogen-bond acceptors (Lipinski definition) is 3. The Kier molecular flexibility index (Phi) is 5.67. The molecule has 152 valence electrons. The standard InChI is InChI=1S/C26H25FN2O/c1-29(2)14-4-13-26(23-8-10-24(27)11-9-23)25-12-7-21(16-22(25)18-30-26)20-6-3-5-19(15-20)17-28/h3,5-12,15-16H,4,13-14,18H2,1-2H3. The molecule has 0 bridgehead atoms. The van der Waals surface area contributed by atoms with E-state index < -0.39 is 5.60 Å². The van der Waals surface area contributed by atoms with Crippen molar-refractivity contribution in [2.24, 2.45) is 0 Å². The molecule has 0 aliphatic carbocycles. The van der Waals surface area contributed by atoms with Crippen LogP contribution in [0.3, 0.4) is 0 Å². The van der Waals surface area contributed by atoms with Gasteiger partial charge in [0.25, 0.3) is 0 Å². The quantitative estimate of drug-likeness (QED) is 0.550. The van der Waals surface area contributed by atoms with Gasteiger partial charge in [0.05, 0.1) is 18.2 Å². The summed E-state index contributed by atoms with van der Waals surface area (Å²) in [5.41, 5.74) is 5.44. The molecule has 30 heavy (non-hydrogen) atoms. The van der Waals surface area contributed by atoms with Crippen molar-refractivity contribution < 1.29 is 9.13 Å². The van der Waals surface area contributed by atoms with Crippen molar-refractivity contribution in [1.82, 2.24) is 4.90 Å². The molecular weight excluding hydrogens is 375 g/mol. The van der Waals surface area contributed by atoms with Crippen LogP contribution in [0.4, 0.5) is 4.39 Å². The fourth-order valence-electron chi connectivity index (χ4n) is 4.29. The van der Waals surface area contributed by atoms with Gasteiger partial charge in [-0.2, -0.15) is 5.26 Å². The number of fused-ring (bicyclic) bond motifs is 1. The van der Waals surface area contributed by atoms with Crippen LogP contribution in [0.15, 0.2) is 66.7 Å². The highest BCUT2D eigenvalue weighted by atomic mass is 19.1. The third-order valence-corrected chi connectivity index (χ3v) is 5.78. The molecule has 3 aromatic carbocycles. The fraction of sp³-hybridized carbons (Fsp3) is 0.269. The highest BCUT2D eigenvalue weighted by molar-refractivity contribution is 5.67. The summed E-state index contributed by atoms with van der Waals surface area (Å²) in [4.78, 5) is 2.17. The summed E-state index contributed by atoms with van der Waals surface area (Å²) >= 11 is 0. The normalized spacial score (nSPS) is 17.7. The molecule has 4 rings (SSSR count). The number of halogens is 1. The number of rotatable bonds is 6. The molecule has 0 saturated carbocycles. The van der Waals surface area contributed by atoms with Crippen molar-refractivity contribution >= 4 is 0 Å². The van der Waals surface area contributed by atoms with Crippen LogP contribution in [-0.4, -0.2) is 25.5 Å². The van der Waals surface area contributed by atoms with Crippen molar-refractivity contribution in [3.8, 4) is 17.2 Å². The van der Waals surface area contributed by atoms with Crippen LogP contribution in [-0.2, 0) is 16.9 Å². The molecule has 3 nitrogen and oxygen atoms in total. The summed E-state index contributed by atoms with van der Waals surface area (Å²) in [5, 5.41) is 9.20. The first-order valence-electron chi connectivity index (χ1n) is 10.2. The highest BCUT2D eigenvalue weighted by Crippen LogP contribution is 2.46. The Balaban J connectivity index is 1.74. The van der Waals surface area contributed by atoms with E-state index >= 15 is 0 Å². The first kappa shape index (κ1) is 20.3. The Bertz CT molecular complexity index is 1080. The largest absolute Gasteiger partial charge is 0.361 e. The molecule has 1 unspecified atom stereocenters. The van der Waals surface area contributed by atoms with E-state index in [1.165, 1.54) is 12.1 Å². The summed E-state index contributed by atoms with van der Waals surface area (Å²) in [6, 6.07) is 22.9. The van der Waals surface area contributed by atoms with Crippen LogP contribution < -0.4 is 0 Å². The Morgan fingerprint density at radius 3 is 2.53 bits per heavy atom. The minimum atomic E-state index is -0.563. The first-order valence-corrected chi connectivity index (χ1v) is 10.2. The SMILES string of the molecule is CN(C)CCCC1(c2ccc(F)cc2)OCc2cc(-c3cccc(C#N)c3)ccc21. The average molecular weight is 400 g/mol. The number of nitriles is 1. The molecule has 0 fully saturated rings. The number of hydrogen-bond donors (Lipinski definition) is 0. The van der Waals surface area contributed by atoms with Crippen molar-refractivity contribution in [3.05, 3.63) is 94.8 Å². The minimum absolute atomic E-state index is 0.242. The zero-order chi connectivity index (χ0) is 21.1. The molecule has 1 aliphatic heterocycles. The smallest absolute Gasteiger partial charge is 0.123 e. The van der Waals surface area contributed by atoms with E-state index in [2.05, 4.69) is 43.3 Å². The van der Waals surface area contributed by atoms with Crippen LogP contribution in [0.25, 0.3) is 11.1 Å². The van der Waals surface area contributed by atoms with Gasteiger partial charge in [-0.15, -0.1) is 0 Å². The van der Waals surface area contributed by atoms with Crippen LogP contribution in [0.2, 0.25) is 0 Å². The third kappa shape index (κ3) is 3.87. The fourth-order valence-corrected chi connectivity index (χ4v) is 4.29. The lowest BCUT2D eigenvalue weighted by molar-refractivity contribution is -0.0140. The van der Waals surface area contributed by atoms with E-state index in [4.69, 9.17) is 4.74 Å². The predicted molar refractivity (Wildman–Crippen MR) is 116 cm³/mol. The Morgan fingerprint density at radius 1 is 1.03 bits per heavy atom. The topological polar surface area (TPSA) is 36.3 Å². The lowest BCUT2D eigenvalue weighted by Crippen LogP contribution is -2.28. The molecule has 1 heterocycles. The van der Waals surface area contributed by atoms with E-state index in [0.717, 1.165) is 47.2 Å². The molecular formula is C26H25FN2O. The Hall–Kier alpha value is -3.00. The van der Waals surface area contributed by atoms with Gasteiger partial charge in [-0.05, 0) is 91.6 Å². The lowest BCUT2D eigenvalue weighted by atomic mass is 9.81. The van der Waals surface area contributed by atoms with E-state index in [9.17, 15) is 9.65 Å². The summed E-state index contributed by atoms with van der Waals surface area (Å²) in [7, 11) is 4.13. The van der Waals surface area contributed by atoms with Crippen LogP contribution in [0.5, 0.6) is 0 Å². The first-order chi connectivity index (χ1) is 14.5. The second-order valence-corrected chi connectivity index (χ2v) is 8.09. The van der Waals surface area contributed by atoms with Crippen LogP contribution in [0.1, 0.15) is 35.1 Å². The van der Waals surface area contributed by atoms with Gasteiger partial charge in [0.2, 0.25) is 0 Å². The highest BCUT2D eigenvalue weighted by Gasteiger charge is 2.41. The molecule has 0 radical (unpaired) electrons. The maximum atomic E-state index is 13.6. The summed E-state index contributed by atoms with van der Waals surface area (Å²) in [5.74, 6) is -0.242. The van der Waals surface area contributed by atoms with E-state index in [-0.39, 0.29) is 5.82 Å². The molecule has 0 N–H and O–H groups in total. The average Bonchev–Trinajstić information content (AvgIpc) is 3.13. The van der Waals surface area contributed by atoms with Gasteiger partial charge < -0.3 is 9.64 Å². The summed E-state index contributed by atoms with van der Waals surface area (Å²) < 4.78 is 20.0. The maximum Gasteiger partial charge on any atom is 0.123 e. The number of benzene rings is 3. The summed E-state index contributed by atoms with van der Waals surface area (Å²) in [6.07, 6.45) is 1.79. The molecule has 0 saturated heterocycles. The number of ether oxygens (including phenoxy) is 1. The van der Waals surface area contributed by atoms with E-state index in [1.807, 2.05) is 36.4 Å². The molecule has 4 heteroatoms. The third-order valence-electron chi connectivity index (χ3n) is 5.78. The molecule has 1 atom stereocenters. The van der Waals surface area contributed by atoms with Gasteiger partial charge in [-0.25, -0.2) is 4.39 Å².